The summed E-state index contributed by atoms with van der Waals surface area (Å²) in [5.74, 6) is -0.434. The summed E-state index contributed by atoms with van der Waals surface area (Å²) in [5, 5.41) is 0. The SMILES string of the molecule is CCCCCCCCN1C(=O)[C@@H]2C3c4ccccc4C(C)(c4ccccc43)[C@@H]2C1=O. The summed E-state index contributed by atoms with van der Waals surface area (Å²) < 4.78 is 0. The van der Waals surface area contributed by atoms with Crippen molar-refractivity contribution in [2.75, 3.05) is 6.54 Å². The minimum absolute atomic E-state index is 0.00442. The largest absolute Gasteiger partial charge is 0.282 e. The third kappa shape index (κ3) is 2.57. The Morgan fingerprint density at radius 3 is 2.00 bits per heavy atom. The van der Waals surface area contributed by atoms with Crippen LogP contribution in [0.3, 0.4) is 0 Å². The van der Waals surface area contributed by atoms with Gasteiger partial charge in [0.1, 0.15) is 0 Å². The van der Waals surface area contributed by atoms with E-state index >= 15 is 0 Å². The van der Waals surface area contributed by atoms with Crippen molar-refractivity contribution in [3.8, 4) is 0 Å². The highest BCUT2D eigenvalue weighted by atomic mass is 16.2. The van der Waals surface area contributed by atoms with Gasteiger partial charge in [-0.1, -0.05) is 94.5 Å². The Kier molecular flexibility index (Phi) is 4.80. The van der Waals surface area contributed by atoms with Gasteiger partial charge < -0.3 is 0 Å². The molecule has 2 bridgehead atoms. The first-order chi connectivity index (χ1) is 14.6. The molecule has 2 aromatic rings. The molecule has 6 rings (SSSR count). The van der Waals surface area contributed by atoms with Crippen LogP contribution in [0.4, 0.5) is 0 Å². The molecular formula is C27H31NO2. The van der Waals surface area contributed by atoms with Crippen LogP contribution in [-0.2, 0) is 15.0 Å². The lowest BCUT2D eigenvalue weighted by atomic mass is 9.48. The molecule has 4 aliphatic rings. The minimum Gasteiger partial charge on any atom is -0.282 e. The van der Waals surface area contributed by atoms with Crippen molar-refractivity contribution in [2.24, 2.45) is 11.8 Å². The molecule has 0 saturated carbocycles. The minimum atomic E-state index is -0.435. The molecule has 0 aromatic heterocycles. The molecule has 3 nitrogen and oxygen atoms in total. The van der Waals surface area contributed by atoms with Crippen molar-refractivity contribution in [3.63, 3.8) is 0 Å². The number of nitrogens with zero attached hydrogens (tertiary/aromatic N) is 1. The number of rotatable bonds is 7. The molecule has 2 amide bonds. The number of hydrogen-bond acceptors (Lipinski definition) is 2. The zero-order valence-electron chi connectivity index (χ0n) is 18.1. The van der Waals surface area contributed by atoms with Gasteiger partial charge in [-0.25, -0.2) is 0 Å². The number of carbonyl (C=O) groups excluding carboxylic acids is 2. The highest BCUT2D eigenvalue weighted by Gasteiger charge is 2.66. The molecule has 0 radical (unpaired) electrons. The Balaban J connectivity index is 1.49. The van der Waals surface area contributed by atoms with Crippen LogP contribution < -0.4 is 0 Å². The maximum atomic E-state index is 13.6. The van der Waals surface area contributed by atoms with Gasteiger partial charge in [0.25, 0.3) is 0 Å². The first kappa shape index (κ1) is 19.5. The number of likely N-dealkylation sites (tertiary alicyclic amines) is 1. The van der Waals surface area contributed by atoms with Gasteiger partial charge in [-0.2, -0.15) is 0 Å². The van der Waals surface area contributed by atoms with Crippen LogP contribution in [0.15, 0.2) is 48.5 Å². The molecule has 30 heavy (non-hydrogen) atoms. The third-order valence-electron chi connectivity index (χ3n) is 7.87. The van der Waals surface area contributed by atoms with Crippen molar-refractivity contribution in [2.45, 2.75) is 63.7 Å². The molecule has 1 saturated heterocycles. The molecule has 0 N–H and O–H groups in total. The number of benzene rings is 2. The summed E-state index contributed by atoms with van der Waals surface area (Å²) in [6.07, 6.45) is 6.94. The van der Waals surface area contributed by atoms with Crippen molar-refractivity contribution >= 4 is 11.8 Å². The summed E-state index contributed by atoms with van der Waals surface area (Å²) in [6, 6.07) is 16.9. The van der Waals surface area contributed by atoms with Crippen LogP contribution in [0, 0.1) is 11.8 Å². The Hall–Kier alpha value is -2.42. The first-order valence-corrected chi connectivity index (χ1v) is 11.6. The van der Waals surface area contributed by atoms with Crippen LogP contribution in [0.5, 0.6) is 0 Å². The summed E-state index contributed by atoms with van der Waals surface area (Å²) in [6.45, 7) is 4.98. The molecule has 2 aromatic carbocycles. The van der Waals surface area contributed by atoms with Gasteiger partial charge >= 0.3 is 0 Å². The van der Waals surface area contributed by atoms with Gasteiger partial charge in [-0.05, 0) is 28.7 Å². The van der Waals surface area contributed by atoms with E-state index in [-0.39, 0.29) is 29.6 Å². The van der Waals surface area contributed by atoms with E-state index in [2.05, 4.69) is 62.4 Å². The van der Waals surface area contributed by atoms with Crippen molar-refractivity contribution in [1.82, 2.24) is 4.90 Å². The summed E-state index contributed by atoms with van der Waals surface area (Å²) in [4.78, 5) is 28.8. The Bertz CT molecular complexity index is 946. The molecule has 3 heteroatoms. The van der Waals surface area contributed by atoms with Crippen molar-refractivity contribution in [1.29, 1.82) is 0 Å². The van der Waals surface area contributed by atoms with Gasteiger partial charge in [-0.15, -0.1) is 0 Å². The molecule has 2 atom stereocenters. The predicted octanol–water partition coefficient (Wildman–Crippen LogP) is 5.41. The van der Waals surface area contributed by atoms with Crippen LogP contribution >= 0.6 is 0 Å². The molecule has 1 aliphatic heterocycles. The van der Waals surface area contributed by atoms with Crippen molar-refractivity contribution in [3.05, 3.63) is 70.8 Å². The second kappa shape index (κ2) is 7.37. The van der Waals surface area contributed by atoms with Gasteiger partial charge in [0.05, 0.1) is 11.8 Å². The second-order valence-corrected chi connectivity index (χ2v) is 9.45. The Morgan fingerprint density at radius 2 is 1.37 bits per heavy atom. The molecule has 0 spiro atoms. The normalized spacial score (nSPS) is 28.5. The predicted molar refractivity (Wildman–Crippen MR) is 118 cm³/mol. The van der Waals surface area contributed by atoms with Gasteiger partial charge in [0.15, 0.2) is 0 Å². The Morgan fingerprint density at radius 1 is 0.800 bits per heavy atom. The van der Waals surface area contributed by atoms with Crippen molar-refractivity contribution < 1.29 is 9.59 Å². The molecule has 1 heterocycles. The zero-order chi connectivity index (χ0) is 20.9. The number of carbonyl (C=O) groups is 2. The lowest BCUT2D eigenvalue weighted by Gasteiger charge is -2.52. The topological polar surface area (TPSA) is 37.4 Å². The fourth-order valence-electron chi connectivity index (χ4n) is 6.48. The van der Waals surface area contributed by atoms with Gasteiger partial charge in [0, 0.05) is 17.9 Å². The lowest BCUT2D eigenvalue weighted by molar-refractivity contribution is -0.140. The quantitative estimate of drug-likeness (QED) is 0.459. The zero-order valence-corrected chi connectivity index (χ0v) is 18.1. The molecule has 3 aliphatic carbocycles. The summed E-state index contributed by atoms with van der Waals surface area (Å²) >= 11 is 0. The monoisotopic (exact) mass is 401 g/mol. The van der Waals surface area contributed by atoms with E-state index in [1.165, 1.54) is 47.9 Å². The number of unbranched alkanes of at least 4 members (excludes halogenated alkanes) is 5. The molecular weight excluding hydrogens is 370 g/mol. The number of hydrogen-bond donors (Lipinski definition) is 0. The highest BCUT2D eigenvalue weighted by Crippen LogP contribution is 2.63. The maximum Gasteiger partial charge on any atom is 0.234 e. The fraction of sp³-hybridized carbons (Fsp3) is 0.481. The van der Waals surface area contributed by atoms with Gasteiger partial charge in [-0.3, -0.25) is 14.5 Å². The van der Waals surface area contributed by atoms with Crippen LogP contribution in [0.2, 0.25) is 0 Å². The van der Waals surface area contributed by atoms with Crippen LogP contribution in [0.1, 0.15) is 80.5 Å². The highest BCUT2D eigenvalue weighted by molar-refractivity contribution is 6.08. The van der Waals surface area contributed by atoms with E-state index in [1.54, 1.807) is 4.90 Å². The van der Waals surface area contributed by atoms with Gasteiger partial charge in [0.2, 0.25) is 11.8 Å². The molecule has 0 unspecified atom stereocenters. The van der Waals surface area contributed by atoms with E-state index in [0.717, 1.165) is 12.8 Å². The summed E-state index contributed by atoms with van der Waals surface area (Å²) in [7, 11) is 0. The van der Waals surface area contributed by atoms with E-state index < -0.39 is 5.41 Å². The Labute approximate surface area is 179 Å². The number of amides is 2. The summed E-state index contributed by atoms with van der Waals surface area (Å²) in [5.41, 5.74) is 4.51. The van der Waals surface area contributed by atoms with Crippen LogP contribution in [-0.4, -0.2) is 23.3 Å². The average Bonchev–Trinajstić information content (AvgIpc) is 3.02. The van der Waals surface area contributed by atoms with E-state index in [9.17, 15) is 9.59 Å². The second-order valence-electron chi connectivity index (χ2n) is 9.45. The molecule has 156 valence electrons. The third-order valence-corrected chi connectivity index (χ3v) is 7.87. The standard InChI is InChI=1S/C27H31NO2/c1-3-4-5-6-7-12-17-28-25(29)23-22-18-13-8-10-15-20(18)27(2,24(23)26(28)30)21-16-11-9-14-19(21)22/h8-11,13-16,22-24H,3-7,12,17H2,1-2H3/t22?,23-,24+,27?/m1/s1. The van der Waals surface area contributed by atoms with E-state index in [1.807, 2.05) is 0 Å². The van der Waals surface area contributed by atoms with Crippen LogP contribution in [0.25, 0.3) is 0 Å². The lowest BCUT2D eigenvalue weighted by Crippen LogP contribution is -2.51. The number of imide groups is 1. The maximum absolute atomic E-state index is 13.6. The average molecular weight is 402 g/mol. The first-order valence-electron chi connectivity index (χ1n) is 11.6. The molecule has 1 fully saturated rings. The van der Waals surface area contributed by atoms with E-state index in [0.29, 0.717) is 6.54 Å². The fourth-order valence-corrected chi connectivity index (χ4v) is 6.48. The smallest absolute Gasteiger partial charge is 0.234 e. The van der Waals surface area contributed by atoms with E-state index in [4.69, 9.17) is 0 Å².